The smallest absolute Gasteiger partial charge is 0.0159 e. The Kier molecular flexibility index (Phi) is 8.32. The van der Waals surface area contributed by atoms with Crippen molar-refractivity contribution in [1.29, 1.82) is 0 Å². The lowest BCUT2D eigenvalue weighted by atomic mass is 9.79. The average Bonchev–Trinajstić information content (AvgIpc) is 4.30. The van der Waals surface area contributed by atoms with Crippen LogP contribution in [0.2, 0.25) is 0 Å². The van der Waals surface area contributed by atoms with E-state index in [1.54, 1.807) is 0 Å². The van der Waals surface area contributed by atoms with E-state index in [4.69, 9.17) is 0 Å². The molecule has 0 heterocycles. The van der Waals surface area contributed by atoms with Gasteiger partial charge in [0.1, 0.15) is 0 Å². The zero-order valence-corrected chi connectivity index (χ0v) is 44.3. The van der Waals surface area contributed by atoms with Gasteiger partial charge in [-0.25, -0.2) is 0 Å². The van der Waals surface area contributed by atoms with Gasteiger partial charge in [-0.2, -0.15) is 0 Å². The molecule has 5 aliphatic rings. The van der Waals surface area contributed by atoms with Gasteiger partial charge in [-0.1, -0.05) is 211 Å². The molecule has 362 valence electrons. The summed E-state index contributed by atoms with van der Waals surface area (Å²) < 4.78 is 0. The van der Waals surface area contributed by atoms with Gasteiger partial charge in [-0.05, 0) is 226 Å². The van der Waals surface area contributed by atoms with Crippen molar-refractivity contribution in [3.8, 4) is 122 Å². The van der Waals surface area contributed by atoms with Crippen molar-refractivity contribution in [3.05, 3.63) is 252 Å². The summed E-state index contributed by atoms with van der Waals surface area (Å²) in [5.74, 6) is 0. The fourth-order valence-corrected chi connectivity index (χ4v) is 15.2. The Bertz CT molecular complexity index is 4390. The van der Waals surface area contributed by atoms with E-state index in [-0.39, 0.29) is 16.2 Å². The van der Waals surface area contributed by atoms with Gasteiger partial charge >= 0.3 is 0 Å². The van der Waals surface area contributed by atoms with E-state index >= 15 is 0 Å². The monoisotopic (exact) mass is 978 g/mol. The fourth-order valence-electron chi connectivity index (χ4n) is 15.2. The lowest BCUT2D eigenvalue weighted by molar-refractivity contribution is 0.659. The molecule has 0 bridgehead atoms. The number of benzene rings is 12. The Morgan fingerprint density at radius 1 is 0.182 bits per heavy atom. The van der Waals surface area contributed by atoms with Crippen molar-refractivity contribution in [3.63, 3.8) is 0 Å². The van der Waals surface area contributed by atoms with Crippen LogP contribution < -0.4 is 0 Å². The normalized spacial score (nSPS) is 15.2. The molecule has 0 aromatic heterocycles. The fraction of sp³-hybridized carbons (Fsp3) is 0.117. The van der Waals surface area contributed by atoms with Crippen LogP contribution in [0.5, 0.6) is 0 Å². The van der Waals surface area contributed by atoms with Crippen molar-refractivity contribution >= 4 is 21.5 Å². The van der Waals surface area contributed by atoms with Gasteiger partial charge in [-0.3, -0.25) is 0 Å². The van der Waals surface area contributed by atoms with Gasteiger partial charge < -0.3 is 0 Å². The first kappa shape index (κ1) is 43.4. The molecular weight excluding hydrogens is 925 g/mol. The molecule has 0 atom stereocenters. The molecular formula is C77H54. The zero-order valence-electron chi connectivity index (χ0n) is 44.3. The van der Waals surface area contributed by atoms with E-state index in [0.717, 1.165) is 0 Å². The van der Waals surface area contributed by atoms with Crippen molar-refractivity contribution in [2.45, 2.75) is 57.8 Å². The topological polar surface area (TPSA) is 0 Å². The Balaban J connectivity index is 0.656. The summed E-state index contributed by atoms with van der Waals surface area (Å²) in [7, 11) is 0. The highest BCUT2D eigenvalue weighted by atomic mass is 14.4. The van der Waals surface area contributed by atoms with Crippen LogP contribution >= 0.6 is 0 Å². The molecule has 77 heavy (non-hydrogen) atoms. The quantitative estimate of drug-likeness (QED) is 0.165. The maximum absolute atomic E-state index is 2.49. The van der Waals surface area contributed by atoms with Crippen LogP contribution in [0.1, 0.15) is 74.9 Å². The largest absolute Gasteiger partial charge is 0.0610 e. The van der Waals surface area contributed by atoms with Gasteiger partial charge in [-0.15, -0.1) is 0 Å². The highest BCUT2D eigenvalue weighted by Gasteiger charge is 2.40. The average molecular weight is 979 g/mol. The molecule has 0 spiro atoms. The first-order valence-electron chi connectivity index (χ1n) is 27.6. The van der Waals surface area contributed by atoms with Crippen LogP contribution in [0, 0.1) is 0 Å². The van der Waals surface area contributed by atoms with E-state index in [2.05, 4.69) is 260 Å². The molecule has 0 heteroatoms. The van der Waals surface area contributed by atoms with Crippen LogP contribution in [-0.4, -0.2) is 0 Å². The van der Waals surface area contributed by atoms with Gasteiger partial charge in [0.05, 0.1) is 0 Å². The molecule has 0 radical (unpaired) electrons. The number of hydrogen-bond donors (Lipinski definition) is 0. The summed E-state index contributed by atoms with van der Waals surface area (Å²) in [4.78, 5) is 0. The standard InChI is InChI=1S/C77H54/c1-75(2)67-37-47(45-19-27-53-61-15-7-11-43-13-9-17-63(73(43)61)65(53)35-45)21-29-55(67)57-31-23-49(39-69(57)75)51-25-33-59-60-34-26-52(42-72(60)77(5,6)71(59)41-51)50-24-32-58-56-30-22-48(38-68(56)76(3,4)70(58)40-50)46-20-28-54-62-16-8-12-44-14-10-18-64(74(44)62)66(54)36-46/h7-42H,1-6H3. The third-order valence-electron chi connectivity index (χ3n) is 19.4. The van der Waals surface area contributed by atoms with Crippen molar-refractivity contribution in [1.82, 2.24) is 0 Å². The molecule has 12 aromatic carbocycles. The Labute approximate surface area is 451 Å². The number of fused-ring (bicyclic) bond motifs is 15. The maximum Gasteiger partial charge on any atom is 0.0159 e. The molecule has 0 unspecified atom stereocenters. The van der Waals surface area contributed by atoms with E-state index in [9.17, 15) is 0 Å². The lowest BCUT2D eigenvalue weighted by Crippen LogP contribution is -2.16. The second-order valence-electron chi connectivity index (χ2n) is 24.4. The van der Waals surface area contributed by atoms with Gasteiger partial charge in [0, 0.05) is 16.2 Å². The Morgan fingerprint density at radius 3 is 0.636 bits per heavy atom. The summed E-state index contributed by atoms with van der Waals surface area (Å²) in [6.45, 7) is 14.5. The summed E-state index contributed by atoms with van der Waals surface area (Å²) in [6, 6.07) is 84.3. The molecule has 12 aromatic rings. The lowest BCUT2D eigenvalue weighted by Gasteiger charge is -2.24. The molecule has 0 amide bonds. The molecule has 5 aliphatic carbocycles. The molecule has 0 saturated heterocycles. The molecule has 0 N–H and O–H groups in total. The second kappa shape index (κ2) is 14.8. The van der Waals surface area contributed by atoms with Crippen LogP contribution in [-0.2, 0) is 16.2 Å². The predicted molar refractivity (Wildman–Crippen MR) is 325 cm³/mol. The number of rotatable bonds is 4. The maximum atomic E-state index is 2.49. The minimum absolute atomic E-state index is 0.150. The van der Waals surface area contributed by atoms with E-state index in [1.165, 1.54) is 177 Å². The van der Waals surface area contributed by atoms with E-state index in [0.29, 0.717) is 0 Å². The van der Waals surface area contributed by atoms with E-state index < -0.39 is 0 Å². The minimum atomic E-state index is -0.165. The highest BCUT2D eigenvalue weighted by Crippen LogP contribution is 2.56. The first-order valence-corrected chi connectivity index (χ1v) is 27.6. The van der Waals surface area contributed by atoms with Crippen LogP contribution in [0.4, 0.5) is 0 Å². The minimum Gasteiger partial charge on any atom is -0.0610 e. The second-order valence-corrected chi connectivity index (χ2v) is 24.4. The first-order chi connectivity index (χ1) is 37.4. The Morgan fingerprint density at radius 2 is 0.390 bits per heavy atom. The Hall–Kier alpha value is -8.84. The summed E-state index contributed by atoms with van der Waals surface area (Å²) >= 11 is 0. The van der Waals surface area contributed by atoms with Crippen LogP contribution in [0.25, 0.3) is 144 Å². The zero-order chi connectivity index (χ0) is 51.4. The molecule has 17 rings (SSSR count). The van der Waals surface area contributed by atoms with Gasteiger partial charge in [0.15, 0.2) is 0 Å². The molecule has 0 nitrogen and oxygen atoms in total. The molecule has 0 aliphatic heterocycles. The SMILES string of the molecule is CC1(C)c2cc(-c3ccc4c(c3)-c3cccc5cccc-4c35)ccc2-c2ccc(-c3ccc4c(c3)C(C)(C)c3cc(-c5ccc6c(c5)C(C)(C)c5cc(-c7ccc8c(c7)-c7cccc9cccc-8c79)ccc5-6)ccc3-4)cc21. The van der Waals surface area contributed by atoms with Crippen LogP contribution in [0.15, 0.2) is 218 Å². The predicted octanol–water partition coefficient (Wildman–Crippen LogP) is 20.9. The van der Waals surface area contributed by atoms with Crippen LogP contribution in [0.3, 0.4) is 0 Å². The van der Waals surface area contributed by atoms with Crippen molar-refractivity contribution in [2.24, 2.45) is 0 Å². The summed E-state index contributed by atoms with van der Waals surface area (Å²) in [5, 5.41) is 5.38. The summed E-state index contributed by atoms with van der Waals surface area (Å²) in [6.07, 6.45) is 0. The molecule has 0 saturated carbocycles. The van der Waals surface area contributed by atoms with Gasteiger partial charge in [0.25, 0.3) is 0 Å². The van der Waals surface area contributed by atoms with E-state index in [1.807, 2.05) is 0 Å². The molecule has 0 fully saturated rings. The third kappa shape index (κ3) is 5.73. The van der Waals surface area contributed by atoms with Gasteiger partial charge in [0.2, 0.25) is 0 Å². The highest BCUT2D eigenvalue weighted by molar-refractivity contribution is 6.17. The summed E-state index contributed by atoms with van der Waals surface area (Å²) in [5.41, 5.74) is 36.9. The number of hydrogen-bond acceptors (Lipinski definition) is 0. The third-order valence-corrected chi connectivity index (χ3v) is 19.4. The van der Waals surface area contributed by atoms with Crippen molar-refractivity contribution < 1.29 is 0 Å². The van der Waals surface area contributed by atoms with Crippen molar-refractivity contribution in [2.75, 3.05) is 0 Å².